The van der Waals surface area contributed by atoms with Crippen LogP contribution in [0, 0.1) is 0 Å². The van der Waals surface area contributed by atoms with Gasteiger partial charge in [0, 0.05) is 17.6 Å². The topological polar surface area (TPSA) is 58.6 Å². The van der Waals surface area contributed by atoms with Gasteiger partial charge in [0.15, 0.2) is 0 Å². The van der Waals surface area contributed by atoms with Crippen LogP contribution in [-0.2, 0) is 0 Å². The highest BCUT2D eigenvalue weighted by atomic mass is 79.9. The molecule has 1 N–H and O–H groups in total. The third-order valence-corrected chi connectivity index (χ3v) is 5.72. The van der Waals surface area contributed by atoms with Gasteiger partial charge in [-0.15, -0.1) is 0 Å². The number of hydrogen-bond donors (Lipinski definition) is 1. The van der Waals surface area contributed by atoms with E-state index in [4.69, 9.17) is 4.74 Å². The molecule has 1 aliphatic carbocycles. The van der Waals surface area contributed by atoms with Crippen LogP contribution in [0.3, 0.4) is 0 Å². The zero-order valence-corrected chi connectivity index (χ0v) is 18.5. The number of nitrogens with zero attached hydrogens (tertiary/aromatic N) is 1. The first-order chi connectivity index (χ1) is 14.0. The van der Waals surface area contributed by atoms with Crippen molar-refractivity contribution in [2.45, 2.75) is 45.1 Å². The number of carbonyl (C=O) groups excluding carboxylic acids is 2. The highest BCUT2D eigenvalue weighted by Gasteiger charge is 2.24. The van der Waals surface area contributed by atoms with Crippen molar-refractivity contribution in [1.29, 1.82) is 0 Å². The maximum absolute atomic E-state index is 13.3. The van der Waals surface area contributed by atoms with E-state index in [9.17, 15) is 9.59 Å². The second-order valence-electron chi connectivity index (χ2n) is 7.26. The predicted octanol–water partition coefficient (Wildman–Crippen LogP) is 5.19. The van der Waals surface area contributed by atoms with Gasteiger partial charge in [-0.1, -0.05) is 47.3 Å². The number of ether oxygens (including phenoxy) is 1. The van der Waals surface area contributed by atoms with Crippen LogP contribution in [0.1, 0.15) is 59.7 Å². The zero-order chi connectivity index (χ0) is 20.8. The van der Waals surface area contributed by atoms with Crippen molar-refractivity contribution < 1.29 is 14.3 Å². The Morgan fingerprint density at radius 3 is 2.55 bits per heavy atom. The molecule has 0 aromatic heterocycles. The predicted molar refractivity (Wildman–Crippen MR) is 119 cm³/mol. The van der Waals surface area contributed by atoms with Crippen LogP contribution >= 0.6 is 15.9 Å². The molecule has 2 aromatic rings. The summed E-state index contributed by atoms with van der Waals surface area (Å²) in [7, 11) is 1.69. The van der Waals surface area contributed by atoms with Crippen molar-refractivity contribution in [2.24, 2.45) is 0 Å². The summed E-state index contributed by atoms with van der Waals surface area (Å²) in [5, 5.41) is 3.14. The van der Waals surface area contributed by atoms with E-state index in [0.29, 0.717) is 29.2 Å². The van der Waals surface area contributed by atoms with Crippen LogP contribution < -0.4 is 15.0 Å². The summed E-state index contributed by atoms with van der Waals surface area (Å²) in [5.41, 5.74) is 1.53. The Kier molecular flexibility index (Phi) is 7.31. The Morgan fingerprint density at radius 2 is 1.83 bits per heavy atom. The molecule has 2 aromatic carbocycles. The minimum absolute atomic E-state index is 0.133. The first-order valence-electron chi connectivity index (χ1n) is 10.1. The summed E-state index contributed by atoms with van der Waals surface area (Å²) >= 11 is 3.42. The summed E-state index contributed by atoms with van der Waals surface area (Å²) in [6.07, 6.45) is 5.55. The number of anilines is 1. The highest BCUT2D eigenvalue weighted by Crippen LogP contribution is 2.28. The normalized spacial score (nSPS) is 14.3. The standard InChI is InChI=1S/C23H27BrN2O3/c1-3-29-21-14-13-16(24)15-19(21)23(28)26(2)20-12-8-7-11-18(20)22(27)25-17-9-5-4-6-10-17/h7-8,11-15,17H,3-6,9-10H2,1-2H3,(H,25,27). The van der Waals surface area contributed by atoms with Gasteiger partial charge in [0.05, 0.1) is 23.4 Å². The molecule has 1 aliphatic rings. The lowest BCUT2D eigenvalue weighted by Gasteiger charge is -2.25. The van der Waals surface area contributed by atoms with E-state index in [1.165, 1.54) is 11.3 Å². The average Bonchev–Trinajstić information content (AvgIpc) is 2.75. The number of benzene rings is 2. The first-order valence-corrected chi connectivity index (χ1v) is 10.9. The molecule has 1 fully saturated rings. The maximum Gasteiger partial charge on any atom is 0.261 e. The van der Waals surface area contributed by atoms with E-state index in [1.807, 2.05) is 25.1 Å². The summed E-state index contributed by atoms with van der Waals surface area (Å²) < 4.78 is 6.42. The lowest BCUT2D eigenvalue weighted by Crippen LogP contribution is -2.37. The molecule has 0 spiro atoms. The molecular formula is C23H27BrN2O3. The van der Waals surface area contributed by atoms with Crippen molar-refractivity contribution in [1.82, 2.24) is 5.32 Å². The minimum atomic E-state index is -0.229. The largest absolute Gasteiger partial charge is 0.493 e. The van der Waals surface area contributed by atoms with Gasteiger partial charge in [-0.05, 0) is 50.1 Å². The van der Waals surface area contributed by atoms with Gasteiger partial charge in [-0.2, -0.15) is 0 Å². The second-order valence-corrected chi connectivity index (χ2v) is 8.18. The van der Waals surface area contributed by atoms with Gasteiger partial charge in [0.1, 0.15) is 5.75 Å². The molecule has 5 nitrogen and oxygen atoms in total. The van der Waals surface area contributed by atoms with Gasteiger partial charge in [-0.25, -0.2) is 0 Å². The number of carbonyl (C=O) groups is 2. The number of rotatable bonds is 6. The number of halogens is 1. The molecule has 1 saturated carbocycles. The summed E-state index contributed by atoms with van der Waals surface area (Å²) in [6.45, 7) is 2.34. The molecular weight excluding hydrogens is 432 g/mol. The van der Waals surface area contributed by atoms with Gasteiger partial charge in [0.2, 0.25) is 0 Å². The molecule has 0 saturated heterocycles. The molecule has 0 heterocycles. The monoisotopic (exact) mass is 458 g/mol. The number of nitrogens with one attached hydrogen (secondary N) is 1. The molecule has 3 rings (SSSR count). The van der Waals surface area contributed by atoms with E-state index in [2.05, 4.69) is 21.2 Å². The van der Waals surface area contributed by atoms with Crippen molar-refractivity contribution in [2.75, 3.05) is 18.6 Å². The fraction of sp³-hybridized carbons (Fsp3) is 0.391. The first kappa shape index (κ1) is 21.4. The molecule has 29 heavy (non-hydrogen) atoms. The van der Waals surface area contributed by atoms with Crippen molar-refractivity contribution in [3.8, 4) is 5.75 Å². The zero-order valence-electron chi connectivity index (χ0n) is 16.9. The number of hydrogen-bond acceptors (Lipinski definition) is 3. The minimum Gasteiger partial charge on any atom is -0.493 e. The van der Waals surface area contributed by atoms with Crippen molar-refractivity contribution in [3.63, 3.8) is 0 Å². The average molecular weight is 459 g/mol. The summed E-state index contributed by atoms with van der Waals surface area (Å²) in [5.74, 6) is 0.163. The maximum atomic E-state index is 13.3. The van der Waals surface area contributed by atoms with Crippen molar-refractivity contribution >= 4 is 33.4 Å². The Morgan fingerprint density at radius 1 is 1.10 bits per heavy atom. The van der Waals surface area contributed by atoms with Gasteiger partial charge < -0.3 is 15.0 Å². The van der Waals surface area contributed by atoms with Crippen molar-refractivity contribution in [3.05, 3.63) is 58.1 Å². The van der Waals surface area contributed by atoms with E-state index in [-0.39, 0.29) is 17.9 Å². The fourth-order valence-corrected chi connectivity index (χ4v) is 4.07. The lowest BCUT2D eigenvalue weighted by molar-refractivity contribution is 0.0928. The van der Waals surface area contributed by atoms with Crippen LogP contribution in [0.5, 0.6) is 5.75 Å². The lowest BCUT2D eigenvalue weighted by atomic mass is 9.95. The summed E-state index contributed by atoms with van der Waals surface area (Å²) in [4.78, 5) is 27.7. The van der Waals surface area contributed by atoms with Gasteiger partial charge in [0.25, 0.3) is 11.8 Å². The summed E-state index contributed by atoms with van der Waals surface area (Å²) in [6, 6.07) is 12.8. The SMILES string of the molecule is CCOc1ccc(Br)cc1C(=O)N(C)c1ccccc1C(=O)NC1CCCCC1. The quantitative estimate of drug-likeness (QED) is 0.647. The Bertz CT molecular complexity index is 878. The second kappa shape index (κ2) is 9.92. The van der Waals surface area contributed by atoms with Crippen LogP contribution in [-0.4, -0.2) is 31.5 Å². The van der Waals surface area contributed by atoms with E-state index in [0.717, 1.165) is 30.2 Å². The van der Waals surface area contributed by atoms with Gasteiger partial charge >= 0.3 is 0 Å². The molecule has 154 valence electrons. The third kappa shape index (κ3) is 5.18. The van der Waals surface area contributed by atoms with Crippen LogP contribution in [0.15, 0.2) is 46.9 Å². The number of amides is 2. The molecule has 0 radical (unpaired) electrons. The van der Waals surface area contributed by atoms with E-state index in [1.54, 1.807) is 31.3 Å². The Balaban J connectivity index is 1.86. The van der Waals surface area contributed by atoms with Crippen LogP contribution in [0.25, 0.3) is 0 Å². The Labute approximate surface area is 180 Å². The molecule has 6 heteroatoms. The Hall–Kier alpha value is -2.34. The fourth-order valence-electron chi connectivity index (χ4n) is 3.71. The smallest absolute Gasteiger partial charge is 0.261 e. The van der Waals surface area contributed by atoms with Gasteiger partial charge in [-0.3, -0.25) is 9.59 Å². The molecule has 0 aliphatic heterocycles. The molecule has 0 unspecified atom stereocenters. The number of para-hydroxylation sites is 1. The van der Waals surface area contributed by atoms with E-state index >= 15 is 0 Å². The van der Waals surface area contributed by atoms with Crippen LogP contribution in [0.2, 0.25) is 0 Å². The molecule has 0 atom stereocenters. The molecule has 2 amide bonds. The highest BCUT2D eigenvalue weighted by molar-refractivity contribution is 9.10. The molecule has 0 bridgehead atoms. The third-order valence-electron chi connectivity index (χ3n) is 5.23. The van der Waals surface area contributed by atoms with E-state index < -0.39 is 0 Å². The van der Waals surface area contributed by atoms with Crippen LogP contribution in [0.4, 0.5) is 5.69 Å².